The predicted molar refractivity (Wildman–Crippen MR) is 82.2 cm³/mol. The van der Waals surface area contributed by atoms with Crippen LogP contribution in [0.1, 0.15) is 29.2 Å². The van der Waals surface area contributed by atoms with E-state index >= 15 is 0 Å². The summed E-state index contributed by atoms with van der Waals surface area (Å²) < 4.78 is 15.3. The van der Waals surface area contributed by atoms with E-state index in [4.69, 9.17) is 5.73 Å². The van der Waals surface area contributed by atoms with Crippen LogP contribution in [-0.4, -0.2) is 28.3 Å². The minimum absolute atomic E-state index is 0.142. The highest BCUT2D eigenvalue weighted by Gasteiger charge is 2.10. The van der Waals surface area contributed by atoms with Crippen molar-refractivity contribution in [2.24, 2.45) is 12.8 Å². The monoisotopic (exact) mass is 290 g/mol. The second-order valence-corrected chi connectivity index (χ2v) is 5.66. The first kappa shape index (κ1) is 15.7. The van der Waals surface area contributed by atoms with Gasteiger partial charge in [0.1, 0.15) is 5.82 Å². The molecule has 0 saturated carbocycles. The van der Waals surface area contributed by atoms with Gasteiger partial charge in [0.15, 0.2) is 0 Å². The number of nitrogens with zero attached hydrogens (tertiary/aromatic N) is 3. The fourth-order valence-corrected chi connectivity index (χ4v) is 2.31. The number of benzene rings is 1. The van der Waals surface area contributed by atoms with Crippen molar-refractivity contribution in [2.75, 3.05) is 13.6 Å². The molecule has 21 heavy (non-hydrogen) atoms. The Labute approximate surface area is 125 Å². The third kappa shape index (κ3) is 4.37. The molecule has 0 aliphatic heterocycles. The second-order valence-electron chi connectivity index (χ2n) is 5.66. The van der Waals surface area contributed by atoms with Gasteiger partial charge in [-0.05, 0) is 44.1 Å². The zero-order valence-electron chi connectivity index (χ0n) is 12.9. The maximum Gasteiger partial charge on any atom is 0.126 e. The zero-order valence-corrected chi connectivity index (χ0v) is 12.9. The van der Waals surface area contributed by atoms with E-state index in [1.165, 1.54) is 5.56 Å². The third-order valence-corrected chi connectivity index (χ3v) is 3.66. The van der Waals surface area contributed by atoms with Crippen molar-refractivity contribution in [3.8, 4) is 0 Å². The summed E-state index contributed by atoms with van der Waals surface area (Å²) in [5.74, 6) is -0.188. The molecule has 5 heteroatoms. The quantitative estimate of drug-likeness (QED) is 0.888. The Hall–Kier alpha value is -1.72. The van der Waals surface area contributed by atoms with Crippen molar-refractivity contribution >= 4 is 0 Å². The third-order valence-electron chi connectivity index (χ3n) is 3.66. The first-order chi connectivity index (χ1) is 9.95. The molecular weight excluding hydrogens is 267 g/mol. The minimum Gasteiger partial charge on any atom is -0.324 e. The van der Waals surface area contributed by atoms with Gasteiger partial charge in [-0.2, -0.15) is 5.10 Å². The van der Waals surface area contributed by atoms with Crippen molar-refractivity contribution in [3.05, 3.63) is 53.1 Å². The summed E-state index contributed by atoms with van der Waals surface area (Å²) in [7, 11) is 3.96. The number of aromatic nitrogens is 2. The van der Waals surface area contributed by atoms with Gasteiger partial charge in [0.2, 0.25) is 0 Å². The van der Waals surface area contributed by atoms with Crippen molar-refractivity contribution in [1.29, 1.82) is 0 Å². The van der Waals surface area contributed by atoms with Crippen molar-refractivity contribution in [3.63, 3.8) is 0 Å². The molecule has 0 aliphatic rings. The maximum atomic E-state index is 13.6. The van der Waals surface area contributed by atoms with E-state index in [0.29, 0.717) is 5.56 Å². The molecule has 1 heterocycles. The number of rotatable bonds is 6. The highest BCUT2D eigenvalue weighted by atomic mass is 19.1. The molecule has 1 aromatic carbocycles. The predicted octanol–water partition coefficient (Wildman–Crippen LogP) is 2.39. The van der Waals surface area contributed by atoms with E-state index in [1.807, 2.05) is 25.5 Å². The van der Waals surface area contributed by atoms with Gasteiger partial charge < -0.3 is 10.6 Å². The number of hydrogen-bond donors (Lipinski definition) is 1. The lowest BCUT2D eigenvalue weighted by Crippen LogP contribution is -2.23. The van der Waals surface area contributed by atoms with Crippen LogP contribution in [0.4, 0.5) is 4.39 Å². The summed E-state index contributed by atoms with van der Waals surface area (Å²) in [4.78, 5) is 2.20. The SMILES string of the molecule is Cc1ccc(C(N)CCN(C)Cc2cnn(C)c2)cc1F. The van der Waals surface area contributed by atoms with Gasteiger partial charge in [0.05, 0.1) is 6.20 Å². The highest BCUT2D eigenvalue weighted by molar-refractivity contribution is 5.25. The molecule has 2 rings (SSSR count). The largest absolute Gasteiger partial charge is 0.324 e. The van der Waals surface area contributed by atoms with E-state index < -0.39 is 0 Å². The zero-order chi connectivity index (χ0) is 15.4. The molecule has 4 nitrogen and oxygen atoms in total. The molecule has 0 aliphatic carbocycles. The molecule has 0 fully saturated rings. The molecule has 0 bridgehead atoms. The van der Waals surface area contributed by atoms with Crippen LogP contribution < -0.4 is 5.73 Å². The van der Waals surface area contributed by atoms with Crippen LogP contribution in [0.15, 0.2) is 30.6 Å². The van der Waals surface area contributed by atoms with Crippen LogP contribution in [0.5, 0.6) is 0 Å². The molecule has 2 aromatic rings. The second kappa shape index (κ2) is 6.83. The molecule has 1 atom stereocenters. The van der Waals surface area contributed by atoms with E-state index in [-0.39, 0.29) is 11.9 Å². The Kier molecular flexibility index (Phi) is 5.09. The topological polar surface area (TPSA) is 47.1 Å². The van der Waals surface area contributed by atoms with Gasteiger partial charge in [-0.15, -0.1) is 0 Å². The van der Waals surface area contributed by atoms with Gasteiger partial charge in [-0.3, -0.25) is 4.68 Å². The highest BCUT2D eigenvalue weighted by Crippen LogP contribution is 2.18. The number of nitrogens with two attached hydrogens (primary N) is 1. The lowest BCUT2D eigenvalue weighted by atomic mass is 10.0. The van der Waals surface area contributed by atoms with Gasteiger partial charge in [0, 0.05) is 31.4 Å². The summed E-state index contributed by atoms with van der Waals surface area (Å²) >= 11 is 0. The normalized spacial score (nSPS) is 12.9. The summed E-state index contributed by atoms with van der Waals surface area (Å²) in [5.41, 5.74) is 8.83. The fourth-order valence-electron chi connectivity index (χ4n) is 2.31. The van der Waals surface area contributed by atoms with Gasteiger partial charge in [-0.25, -0.2) is 4.39 Å². The molecule has 2 N–H and O–H groups in total. The number of aryl methyl sites for hydroxylation is 2. The Bertz CT molecular complexity index is 594. The summed E-state index contributed by atoms with van der Waals surface area (Å²) in [6.45, 7) is 3.45. The van der Waals surface area contributed by atoms with Crippen molar-refractivity contribution < 1.29 is 4.39 Å². The molecule has 114 valence electrons. The molecule has 1 aromatic heterocycles. The molecular formula is C16H23FN4. The van der Waals surface area contributed by atoms with E-state index in [2.05, 4.69) is 17.0 Å². The maximum absolute atomic E-state index is 13.6. The lowest BCUT2D eigenvalue weighted by Gasteiger charge is -2.19. The first-order valence-electron chi connectivity index (χ1n) is 7.13. The van der Waals surface area contributed by atoms with Crippen LogP contribution >= 0.6 is 0 Å². The molecule has 0 spiro atoms. The Morgan fingerprint density at radius 3 is 2.81 bits per heavy atom. The van der Waals surface area contributed by atoms with Gasteiger partial charge in [-0.1, -0.05) is 12.1 Å². The minimum atomic E-state index is -0.188. The van der Waals surface area contributed by atoms with Crippen molar-refractivity contribution in [2.45, 2.75) is 25.9 Å². The first-order valence-corrected chi connectivity index (χ1v) is 7.13. The standard InChI is InChI=1S/C16H23FN4/c1-12-4-5-14(8-15(12)17)16(18)6-7-20(2)10-13-9-19-21(3)11-13/h4-5,8-9,11,16H,6-7,10,18H2,1-3H3. The Balaban J connectivity index is 1.85. The van der Waals surface area contributed by atoms with E-state index in [1.54, 1.807) is 23.7 Å². The van der Waals surface area contributed by atoms with Crippen LogP contribution in [0.3, 0.4) is 0 Å². The smallest absolute Gasteiger partial charge is 0.126 e. The van der Waals surface area contributed by atoms with Crippen LogP contribution in [0, 0.1) is 12.7 Å². The summed E-state index contributed by atoms with van der Waals surface area (Å²) in [6.07, 6.45) is 4.66. The summed E-state index contributed by atoms with van der Waals surface area (Å²) in [5, 5.41) is 4.15. The number of hydrogen-bond acceptors (Lipinski definition) is 3. The van der Waals surface area contributed by atoms with Crippen molar-refractivity contribution in [1.82, 2.24) is 14.7 Å². The van der Waals surface area contributed by atoms with Gasteiger partial charge in [0.25, 0.3) is 0 Å². The van der Waals surface area contributed by atoms with Crippen LogP contribution in [-0.2, 0) is 13.6 Å². The summed E-state index contributed by atoms with van der Waals surface area (Å²) in [6, 6.07) is 5.09. The molecule has 0 saturated heterocycles. The van der Waals surface area contributed by atoms with Crippen LogP contribution in [0.2, 0.25) is 0 Å². The molecule has 0 radical (unpaired) electrons. The molecule has 0 amide bonds. The average molecular weight is 290 g/mol. The fraction of sp³-hybridized carbons (Fsp3) is 0.438. The average Bonchev–Trinajstić information content (AvgIpc) is 2.84. The Morgan fingerprint density at radius 1 is 1.43 bits per heavy atom. The van der Waals surface area contributed by atoms with Crippen LogP contribution in [0.25, 0.3) is 0 Å². The van der Waals surface area contributed by atoms with E-state index in [9.17, 15) is 4.39 Å². The molecule has 1 unspecified atom stereocenters. The lowest BCUT2D eigenvalue weighted by molar-refractivity contribution is 0.311. The van der Waals surface area contributed by atoms with E-state index in [0.717, 1.165) is 25.1 Å². The number of halogens is 1. The van der Waals surface area contributed by atoms with Gasteiger partial charge >= 0.3 is 0 Å². The Morgan fingerprint density at radius 2 is 2.19 bits per heavy atom.